The van der Waals surface area contributed by atoms with E-state index in [0.717, 1.165) is 0 Å². The molecule has 1 aromatic heterocycles. The number of Topliss-reactive ketones (excluding diaryl/α,β-unsaturated/α-hetero) is 1. The highest BCUT2D eigenvalue weighted by Crippen LogP contribution is 1.82. The van der Waals surface area contributed by atoms with Gasteiger partial charge in [0.1, 0.15) is 0 Å². The molecule has 0 saturated carbocycles. The molecule has 0 aliphatic carbocycles. The van der Waals surface area contributed by atoms with Crippen LogP contribution in [-0.2, 0) is 0 Å². The number of H-pyrrole nitrogens is 1. The summed E-state index contributed by atoms with van der Waals surface area (Å²) in [7, 11) is 0. The van der Waals surface area contributed by atoms with Crippen LogP contribution in [0.25, 0.3) is 0 Å². The molecule has 0 unspecified atom stereocenters. The van der Waals surface area contributed by atoms with Crippen LogP contribution in [0.4, 0.5) is 0 Å². The van der Waals surface area contributed by atoms with E-state index in [1.165, 1.54) is 19.2 Å². The van der Waals surface area contributed by atoms with E-state index in [9.17, 15) is 9.59 Å². The molecule has 0 aromatic carbocycles. The van der Waals surface area contributed by atoms with Gasteiger partial charge in [-0.05, 0) is 0 Å². The van der Waals surface area contributed by atoms with Crippen LogP contribution in [0.3, 0.4) is 0 Å². The zero-order valence-electron chi connectivity index (χ0n) is 5.42. The van der Waals surface area contributed by atoms with Crippen molar-refractivity contribution in [2.75, 3.05) is 0 Å². The third-order valence-corrected chi connectivity index (χ3v) is 1.05. The minimum Gasteiger partial charge on any atom is -0.293 e. The molecule has 1 heterocycles. The van der Waals surface area contributed by atoms with Crippen LogP contribution in [0, 0.1) is 0 Å². The Bertz CT molecular complexity index is 303. The predicted molar refractivity (Wildman–Crippen MR) is 34.9 cm³/mol. The topological polar surface area (TPSA) is 62.8 Å². The normalized spacial score (nSPS) is 9.30. The highest BCUT2D eigenvalue weighted by Gasteiger charge is 2.03. The average Bonchev–Trinajstić information content (AvgIpc) is 1.88. The lowest BCUT2D eigenvalue weighted by molar-refractivity contribution is 0.101. The molecular weight excluding hydrogens is 132 g/mol. The van der Waals surface area contributed by atoms with Crippen molar-refractivity contribution in [1.82, 2.24) is 10.2 Å². The zero-order valence-corrected chi connectivity index (χ0v) is 5.42. The van der Waals surface area contributed by atoms with Crippen LogP contribution in [0.1, 0.15) is 17.4 Å². The number of nitrogens with zero attached hydrogens (tertiary/aromatic N) is 1. The van der Waals surface area contributed by atoms with E-state index in [4.69, 9.17) is 0 Å². The zero-order chi connectivity index (χ0) is 7.56. The molecule has 0 atom stereocenters. The molecule has 52 valence electrons. The van der Waals surface area contributed by atoms with Crippen LogP contribution in [0.15, 0.2) is 17.1 Å². The van der Waals surface area contributed by atoms with Gasteiger partial charge in [-0.25, -0.2) is 0 Å². The number of nitrogens with one attached hydrogen (secondary N) is 1. The van der Waals surface area contributed by atoms with Crippen LogP contribution in [-0.4, -0.2) is 16.0 Å². The molecule has 1 rings (SSSR count). The van der Waals surface area contributed by atoms with Gasteiger partial charge in [-0.1, -0.05) is 0 Å². The summed E-state index contributed by atoms with van der Waals surface area (Å²) in [6.07, 6.45) is 1.38. The third kappa shape index (κ3) is 1.10. The summed E-state index contributed by atoms with van der Waals surface area (Å²) in [6.45, 7) is 1.30. The number of rotatable bonds is 1. The number of ketones is 1. The van der Waals surface area contributed by atoms with Crippen molar-refractivity contribution in [3.8, 4) is 0 Å². The fourth-order valence-corrected chi connectivity index (χ4v) is 0.601. The maximum absolute atomic E-state index is 10.8. The molecular formula is C6H6N2O2. The Morgan fingerprint density at radius 2 is 2.40 bits per heavy atom. The first-order chi connectivity index (χ1) is 4.72. The first kappa shape index (κ1) is 6.67. The molecule has 0 fully saturated rings. The summed E-state index contributed by atoms with van der Waals surface area (Å²) in [4.78, 5) is 21.3. The minimum absolute atomic E-state index is 0.0394. The van der Waals surface area contributed by atoms with Gasteiger partial charge in [0.2, 0.25) is 5.43 Å². The molecule has 10 heavy (non-hydrogen) atoms. The second-order valence-electron chi connectivity index (χ2n) is 1.84. The number of carbonyl (C=O) groups is 1. The van der Waals surface area contributed by atoms with Gasteiger partial charge in [0.15, 0.2) is 11.5 Å². The highest BCUT2D eigenvalue weighted by molar-refractivity contribution is 5.91. The summed E-state index contributed by atoms with van der Waals surface area (Å²) in [5, 5.41) is 5.90. The van der Waals surface area contributed by atoms with Crippen molar-refractivity contribution in [1.29, 1.82) is 0 Å². The van der Waals surface area contributed by atoms with Crippen molar-refractivity contribution in [2.24, 2.45) is 0 Å². The first-order valence-corrected chi connectivity index (χ1v) is 2.77. The second kappa shape index (κ2) is 2.43. The Hall–Kier alpha value is -1.45. The molecule has 0 bridgehead atoms. The van der Waals surface area contributed by atoms with E-state index in [0.29, 0.717) is 0 Å². The lowest BCUT2D eigenvalue weighted by Gasteiger charge is -1.88. The summed E-state index contributed by atoms with van der Waals surface area (Å²) >= 11 is 0. The van der Waals surface area contributed by atoms with E-state index >= 15 is 0 Å². The van der Waals surface area contributed by atoms with Crippen LogP contribution >= 0.6 is 0 Å². The molecule has 0 saturated heterocycles. The Morgan fingerprint density at radius 3 is 2.80 bits per heavy atom. The molecule has 0 amide bonds. The number of aromatic amines is 1. The van der Waals surface area contributed by atoms with Gasteiger partial charge in [0, 0.05) is 19.2 Å². The molecule has 4 nitrogen and oxygen atoms in total. The largest absolute Gasteiger partial charge is 0.293 e. The van der Waals surface area contributed by atoms with Gasteiger partial charge in [-0.2, -0.15) is 5.10 Å². The lowest BCUT2D eigenvalue weighted by Crippen LogP contribution is -2.14. The van der Waals surface area contributed by atoms with Gasteiger partial charge < -0.3 is 0 Å². The fraction of sp³-hybridized carbons (Fsp3) is 0.167. The van der Waals surface area contributed by atoms with Crippen molar-refractivity contribution >= 4 is 5.78 Å². The number of hydrogen-bond acceptors (Lipinski definition) is 3. The number of carbonyl (C=O) groups excluding carboxylic acids is 1. The molecule has 0 aliphatic heterocycles. The number of aromatic nitrogens is 2. The number of hydrogen-bond donors (Lipinski definition) is 1. The van der Waals surface area contributed by atoms with Gasteiger partial charge in [0.05, 0.1) is 0 Å². The van der Waals surface area contributed by atoms with E-state index in [2.05, 4.69) is 10.2 Å². The van der Waals surface area contributed by atoms with E-state index < -0.39 is 0 Å². The van der Waals surface area contributed by atoms with Gasteiger partial charge in [-0.3, -0.25) is 14.7 Å². The Morgan fingerprint density at radius 1 is 1.70 bits per heavy atom. The molecule has 0 radical (unpaired) electrons. The third-order valence-electron chi connectivity index (χ3n) is 1.05. The van der Waals surface area contributed by atoms with Gasteiger partial charge in [-0.15, -0.1) is 0 Å². The maximum atomic E-state index is 10.8. The van der Waals surface area contributed by atoms with Crippen LogP contribution in [0.2, 0.25) is 0 Å². The second-order valence-corrected chi connectivity index (χ2v) is 1.84. The van der Waals surface area contributed by atoms with Gasteiger partial charge in [0.25, 0.3) is 0 Å². The van der Waals surface area contributed by atoms with Gasteiger partial charge >= 0.3 is 0 Å². The predicted octanol–water partition coefficient (Wildman–Crippen LogP) is -0.0275. The summed E-state index contributed by atoms with van der Waals surface area (Å²) in [5.74, 6) is -0.318. The van der Waals surface area contributed by atoms with Crippen molar-refractivity contribution < 1.29 is 4.79 Å². The summed E-state index contributed by atoms with van der Waals surface area (Å²) in [5.41, 5.74) is -0.381. The van der Waals surface area contributed by atoms with E-state index in [1.807, 2.05) is 0 Å². The SMILES string of the molecule is CC(=O)c1n[nH]ccc1=O. The molecule has 1 N–H and O–H groups in total. The van der Waals surface area contributed by atoms with Crippen LogP contribution in [0.5, 0.6) is 0 Å². The lowest BCUT2D eigenvalue weighted by atomic mass is 10.3. The Balaban J connectivity index is 3.29. The standard InChI is InChI=1S/C6H6N2O2/c1-4(9)6-5(10)2-3-7-8-6/h2-3H,1H3,(H,7,10). The Kier molecular flexibility index (Phi) is 1.62. The van der Waals surface area contributed by atoms with E-state index in [1.54, 1.807) is 0 Å². The fourth-order valence-electron chi connectivity index (χ4n) is 0.601. The first-order valence-electron chi connectivity index (χ1n) is 2.77. The van der Waals surface area contributed by atoms with Crippen molar-refractivity contribution in [2.45, 2.75) is 6.92 Å². The molecule has 4 heteroatoms. The molecule has 1 aromatic rings. The monoisotopic (exact) mass is 138 g/mol. The van der Waals surface area contributed by atoms with Crippen molar-refractivity contribution in [3.63, 3.8) is 0 Å². The van der Waals surface area contributed by atoms with Crippen molar-refractivity contribution in [3.05, 3.63) is 28.2 Å². The minimum atomic E-state index is -0.341. The van der Waals surface area contributed by atoms with E-state index in [-0.39, 0.29) is 16.9 Å². The molecule has 0 aliphatic rings. The average molecular weight is 138 g/mol. The maximum Gasteiger partial charge on any atom is 0.211 e. The summed E-state index contributed by atoms with van der Waals surface area (Å²) in [6, 6.07) is 1.27. The Labute approximate surface area is 56.9 Å². The van der Waals surface area contributed by atoms with Crippen LogP contribution < -0.4 is 5.43 Å². The summed E-state index contributed by atoms with van der Waals surface area (Å²) < 4.78 is 0. The quantitative estimate of drug-likeness (QED) is 0.554. The highest BCUT2D eigenvalue weighted by atomic mass is 16.1. The smallest absolute Gasteiger partial charge is 0.211 e. The molecule has 0 spiro atoms.